The van der Waals surface area contributed by atoms with Crippen LogP contribution in [-0.2, 0) is 13.2 Å². The number of carboxylic acid groups (broad SMARTS) is 1. The third-order valence-electron chi connectivity index (χ3n) is 5.38. The van der Waals surface area contributed by atoms with Crippen molar-refractivity contribution in [1.82, 2.24) is 4.57 Å². The molecule has 4 nitrogen and oxygen atoms in total. The van der Waals surface area contributed by atoms with Crippen LogP contribution in [0.25, 0.3) is 11.1 Å². The normalized spacial score (nSPS) is 11.0. The zero-order valence-electron chi connectivity index (χ0n) is 18.3. The van der Waals surface area contributed by atoms with Crippen molar-refractivity contribution in [1.29, 1.82) is 0 Å². The number of carboxylic acids is 1. The third kappa shape index (κ3) is 6.67. The molecule has 0 aliphatic heterocycles. The summed E-state index contributed by atoms with van der Waals surface area (Å²) in [6.07, 6.45) is 8.76. The highest BCUT2D eigenvalue weighted by atomic mass is 19.1. The average molecular weight is 442 g/mol. The van der Waals surface area contributed by atoms with Gasteiger partial charge in [0.15, 0.2) is 0 Å². The maximum Gasteiger partial charge on any atom is 0.352 e. The predicted molar refractivity (Wildman–Crippen MR) is 121 cm³/mol. The molecule has 0 aliphatic rings. The van der Waals surface area contributed by atoms with E-state index in [-0.39, 0.29) is 12.3 Å². The van der Waals surface area contributed by atoms with Gasteiger partial charge in [0.2, 0.25) is 0 Å². The van der Waals surface area contributed by atoms with Crippen LogP contribution in [0, 0.1) is 11.6 Å². The fraction of sp³-hybridized carbons (Fsp3) is 0.346. The summed E-state index contributed by atoms with van der Waals surface area (Å²) in [4.78, 5) is 11.7. The molecule has 0 bridgehead atoms. The van der Waals surface area contributed by atoms with Gasteiger partial charge in [0.05, 0.1) is 0 Å². The standard InChI is InChI=1S/C26H29F2NO3/c1-2-3-4-5-6-7-12-29-17-21(15-25(29)26(30)31)20-8-10-24(11-9-20)32-18-19-13-22(27)16-23(28)14-19/h8-11,13-17H,2-7,12,18H2,1H3,(H,30,31). The topological polar surface area (TPSA) is 51.5 Å². The molecule has 0 fully saturated rings. The van der Waals surface area contributed by atoms with Crippen LogP contribution in [0.3, 0.4) is 0 Å². The Morgan fingerprint density at radius 2 is 1.56 bits per heavy atom. The van der Waals surface area contributed by atoms with Gasteiger partial charge >= 0.3 is 5.97 Å². The molecule has 1 N–H and O–H groups in total. The Hall–Kier alpha value is -3.15. The maximum absolute atomic E-state index is 13.3. The Morgan fingerprint density at radius 1 is 0.906 bits per heavy atom. The van der Waals surface area contributed by atoms with E-state index >= 15 is 0 Å². The summed E-state index contributed by atoms with van der Waals surface area (Å²) in [6.45, 7) is 2.91. The summed E-state index contributed by atoms with van der Waals surface area (Å²) in [6, 6.07) is 12.2. The lowest BCUT2D eigenvalue weighted by Gasteiger charge is -2.08. The van der Waals surface area contributed by atoms with Crippen molar-refractivity contribution in [2.45, 2.75) is 58.6 Å². The summed E-state index contributed by atoms with van der Waals surface area (Å²) >= 11 is 0. The molecule has 170 valence electrons. The predicted octanol–water partition coefficient (Wildman–Crippen LogP) is 7.07. The van der Waals surface area contributed by atoms with Crippen molar-refractivity contribution >= 4 is 5.97 Å². The first-order valence-corrected chi connectivity index (χ1v) is 11.1. The van der Waals surface area contributed by atoms with Crippen molar-refractivity contribution in [2.75, 3.05) is 0 Å². The minimum absolute atomic E-state index is 0.0474. The first-order valence-electron chi connectivity index (χ1n) is 11.1. The summed E-state index contributed by atoms with van der Waals surface area (Å²) in [5.74, 6) is -1.66. The zero-order chi connectivity index (χ0) is 22.9. The first kappa shape index (κ1) is 23.5. The summed E-state index contributed by atoms with van der Waals surface area (Å²) < 4.78 is 34.0. The Bertz CT molecular complexity index is 1010. The molecule has 3 rings (SSSR count). The van der Waals surface area contributed by atoms with Gasteiger partial charge in [0.1, 0.15) is 29.7 Å². The molecule has 0 unspecified atom stereocenters. The van der Waals surface area contributed by atoms with Crippen LogP contribution in [-0.4, -0.2) is 15.6 Å². The minimum Gasteiger partial charge on any atom is -0.489 e. The van der Waals surface area contributed by atoms with Crippen LogP contribution in [0.5, 0.6) is 5.75 Å². The fourth-order valence-corrected chi connectivity index (χ4v) is 3.70. The number of rotatable bonds is 12. The number of unbranched alkanes of at least 4 members (excludes halogenated alkanes) is 5. The summed E-state index contributed by atoms with van der Waals surface area (Å²) in [5.41, 5.74) is 2.39. The monoisotopic (exact) mass is 441 g/mol. The van der Waals surface area contributed by atoms with Crippen LogP contribution in [0.1, 0.15) is 61.5 Å². The smallest absolute Gasteiger partial charge is 0.352 e. The molecule has 0 saturated carbocycles. The second kappa shape index (κ2) is 11.5. The Labute approximate surface area is 187 Å². The second-order valence-electron chi connectivity index (χ2n) is 7.97. The summed E-state index contributed by atoms with van der Waals surface area (Å²) in [5, 5.41) is 9.57. The van der Waals surface area contributed by atoms with Gasteiger partial charge in [-0.1, -0.05) is 51.2 Å². The van der Waals surface area contributed by atoms with E-state index in [9.17, 15) is 18.7 Å². The number of benzene rings is 2. The van der Waals surface area contributed by atoms with Gasteiger partial charge in [-0.05, 0) is 47.9 Å². The molecule has 32 heavy (non-hydrogen) atoms. The van der Waals surface area contributed by atoms with Gasteiger partial charge in [-0.3, -0.25) is 0 Å². The highest BCUT2D eigenvalue weighted by molar-refractivity contribution is 5.88. The third-order valence-corrected chi connectivity index (χ3v) is 5.38. The minimum atomic E-state index is -0.940. The van der Waals surface area contributed by atoms with Crippen molar-refractivity contribution in [3.63, 3.8) is 0 Å². The number of nitrogens with zero attached hydrogens (tertiary/aromatic N) is 1. The Morgan fingerprint density at radius 3 is 2.22 bits per heavy atom. The van der Waals surface area contributed by atoms with Crippen molar-refractivity contribution in [2.24, 2.45) is 0 Å². The Balaban J connectivity index is 1.62. The molecule has 2 aromatic carbocycles. The number of carbonyl (C=O) groups is 1. The quantitative estimate of drug-likeness (QED) is 0.306. The van der Waals surface area contributed by atoms with Crippen molar-refractivity contribution in [3.8, 4) is 16.9 Å². The SMILES string of the molecule is CCCCCCCCn1cc(-c2ccc(OCc3cc(F)cc(F)c3)cc2)cc1C(=O)O. The van der Waals surface area contributed by atoms with Gasteiger partial charge in [-0.2, -0.15) is 0 Å². The lowest BCUT2D eigenvalue weighted by molar-refractivity contribution is 0.0685. The molecule has 0 saturated heterocycles. The highest BCUT2D eigenvalue weighted by Gasteiger charge is 2.13. The van der Waals surface area contributed by atoms with Gasteiger partial charge in [-0.25, -0.2) is 13.6 Å². The number of aromatic nitrogens is 1. The van der Waals surface area contributed by atoms with E-state index in [2.05, 4.69) is 6.92 Å². The highest BCUT2D eigenvalue weighted by Crippen LogP contribution is 2.26. The van der Waals surface area contributed by atoms with E-state index in [1.54, 1.807) is 22.8 Å². The zero-order valence-corrected chi connectivity index (χ0v) is 18.3. The van der Waals surface area contributed by atoms with Crippen molar-refractivity contribution < 1.29 is 23.4 Å². The average Bonchev–Trinajstić information content (AvgIpc) is 3.19. The van der Waals surface area contributed by atoms with E-state index in [1.807, 2.05) is 18.3 Å². The number of hydrogen-bond acceptors (Lipinski definition) is 2. The number of ether oxygens (including phenoxy) is 1. The van der Waals surface area contributed by atoms with E-state index in [0.717, 1.165) is 30.0 Å². The number of aromatic carboxylic acids is 1. The van der Waals surface area contributed by atoms with Gasteiger partial charge in [-0.15, -0.1) is 0 Å². The molecule has 3 aromatic rings. The molecule has 1 heterocycles. The van der Waals surface area contributed by atoms with Crippen LogP contribution >= 0.6 is 0 Å². The van der Waals surface area contributed by atoms with Crippen LogP contribution in [0.2, 0.25) is 0 Å². The first-order chi connectivity index (χ1) is 15.5. The molecular formula is C26H29F2NO3. The van der Waals surface area contributed by atoms with Crippen LogP contribution < -0.4 is 4.74 Å². The van der Waals surface area contributed by atoms with E-state index in [1.165, 1.54) is 37.8 Å². The summed E-state index contributed by atoms with van der Waals surface area (Å²) in [7, 11) is 0. The number of hydrogen-bond donors (Lipinski definition) is 1. The van der Waals surface area contributed by atoms with Crippen LogP contribution in [0.15, 0.2) is 54.7 Å². The largest absolute Gasteiger partial charge is 0.489 e. The van der Waals surface area contributed by atoms with Gasteiger partial charge in [0, 0.05) is 24.4 Å². The molecule has 6 heteroatoms. The molecule has 0 atom stereocenters. The Kier molecular flexibility index (Phi) is 8.42. The molecule has 0 spiro atoms. The lowest BCUT2D eigenvalue weighted by Crippen LogP contribution is -2.07. The molecule has 1 aromatic heterocycles. The lowest BCUT2D eigenvalue weighted by atomic mass is 10.1. The fourth-order valence-electron chi connectivity index (χ4n) is 3.70. The van der Waals surface area contributed by atoms with Gasteiger partial charge < -0.3 is 14.4 Å². The van der Waals surface area contributed by atoms with Crippen LogP contribution in [0.4, 0.5) is 8.78 Å². The maximum atomic E-state index is 13.3. The van der Waals surface area contributed by atoms with Gasteiger partial charge in [0.25, 0.3) is 0 Å². The van der Waals surface area contributed by atoms with E-state index < -0.39 is 17.6 Å². The van der Waals surface area contributed by atoms with Crippen molar-refractivity contribution in [3.05, 3.63) is 77.6 Å². The second-order valence-corrected chi connectivity index (χ2v) is 7.97. The molecular weight excluding hydrogens is 412 g/mol. The van der Waals surface area contributed by atoms with E-state index in [4.69, 9.17) is 4.74 Å². The van der Waals surface area contributed by atoms with E-state index in [0.29, 0.717) is 17.9 Å². The molecule has 0 amide bonds. The number of aryl methyl sites for hydroxylation is 1. The molecule has 0 aliphatic carbocycles. The molecule has 0 radical (unpaired) electrons. The number of halogens is 2.